The van der Waals surface area contributed by atoms with E-state index in [1.807, 2.05) is 26.0 Å². The average Bonchev–Trinajstić information content (AvgIpc) is 2.68. The van der Waals surface area contributed by atoms with Gasteiger partial charge in [0.05, 0.1) is 16.1 Å². The number of nitrogens with one attached hydrogen (secondary N) is 2. The van der Waals surface area contributed by atoms with Crippen molar-refractivity contribution in [1.29, 1.82) is 0 Å². The molecule has 2 aromatic carbocycles. The van der Waals surface area contributed by atoms with Gasteiger partial charge in [-0.05, 0) is 55.3 Å². The van der Waals surface area contributed by atoms with Gasteiger partial charge in [-0.3, -0.25) is 4.72 Å². The van der Waals surface area contributed by atoms with Crippen LogP contribution in [0.3, 0.4) is 0 Å². The fourth-order valence-corrected chi connectivity index (χ4v) is 3.80. The number of hydrogen-bond donors (Lipinski definition) is 3. The molecule has 150 valence electrons. The first-order chi connectivity index (χ1) is 13.8. The summed E-state index contributed by atoms with van der Waals surface area (Å²) in [4.78, 5) is 19.1. The van der Waals surface area contributed by atoms with Gasteiger partial charge < -0.3 is 10.4 Å². The number of rotatable bonds is 7. The van der Waals surface area contributed by atoms with E-state index in [4.69, 9.17) is 5.11 Å². The molecule has 0 unspecified atom stereocenters. The molecule has 8 nitrogen and oxygen atoms in total. The molecule has 0 spiro atoms. The van der Waals surface area contributed by atoms with Gasteiger partial charge in [-0.25, -0.2) is 23.2 Å². The lowest BCUT2D eigenvalue weighted by Gasteiger charge is -2.14. The topological polar surface area (TPSA) is 121 Å². The van der Waals surface area contributed by atoms with E-state index in [0.717, 1.165) is 11.3 Å². The molecule has 1 aromatic heterocycles. The van der Waals surface area contributed by atoms with Crippen molar-refractivity contribution >= 4 is 33.2 Å². The van der Waals surface area contributed by atoms with E-state index in [1.165, 1.54) is 30.6 Å². The molecule has 0 saturated heterocycles. The van der Waals surface area contributed by atoms with E-state index in [0.29, 0.717) is 23.6 Å². The Morgan fingerprint density at radius 3 is 2.41 bits per heavy atom. The second-order valence-corrected chi connectivity index (χ2v) is 8.01. The Hall–Kier alpha value is -3.46. The van der Waals surface area contributed by atoms with E-state index in [2.05, 4.69) is 20.0 Å². The number of aromatic nitrogens is 2. The number of benzene rings is 2. The zero-order valence-electron chi connectivity index (χ0n) is 15.9. The Bertz CT molecular complexity index is 1150. The first-order valence-electron chi connectivity index (χ1n) is 8.83. The van der Waals surface area contributed by atoms with Crippen LogP contribution in [0.25, 0.3) is 0 Å². The van der Waals surface area contributed by atoms with Gasteiger partial charge >= 0.3 is 5.97 Å². The van der Waals surface area contributed by atoms with Gasteiger partial charge in [0.15, 0.2) is 0 Å². The summed E-state index contributed by atoms with van der Waals surface area (Å²) >= 11 is 0. The number of carboxylic acids is 1. The van der Waals surface area contributed by atoms with Gasteiger partial charge in [0, 0.05) is 17.4 Å². The highest BCUT2D eigenvalue weighted by atomic mass is 32.2. The molecular weight excluding hydrogens is 392 g/mol. The molecule has 3 N–H and O–H groups in total. The normalized spacial score (nSPS) is 11.1. The quantitative estimate of drug-likeness (QED) is 0.542. The average molecular weight is 412 g/mol. The van der Waals surface area contributed by atoms with Crippen molar-refractivity contribution in [3.8, 4) is 0 Å². The lowest BCUT2D eigenvalue weighted by atomic mass is 10.1. The number of aromatic carboxylic acids is 1. The van der Waals surface area contributed by atoms with E-state index >= 15 is 0 Å². The SMILES string of the molecule is CCc1ccc(Nc2cc(C)ncn2)cc1NS(=O)(=O)c1ccc(C(=O)O)cc1. The molecule has 1 heterocycles. The lowest BCUT2D eigenvalue weighted by Crippen LogP contribution is -2.14. The molecule has 9 heteroatoms. The molecule has 0 saturated carbocycles. The van der Waals surface area contributed by atoms with Crippen LogP contribution in [0, 0.1) is 6.92 Å². The van der Waals surface area contributed by atoms with Crippen molar-refractivity contribution in [3.63, 3.8) is 0 Å². The summed E-state index contributed by atoms with van der Waals surface area (Å²) < 4.78 is 28.1. The Balaban J connectivity index is 1.89. The van der Waals surface area contributed by atoms with Crippen LogP contribution in [-0.4, -0.2) is 29.5 Å². The Morgan fingerprint density at radius 1 is 1.07 bits per heavy atom. The summed E-state index contributed by atoms with van der Waals surface area (Å²) in [5.41, 5.74) is 2.74. The number of nitrogens with zero attached hydrogens (tertiary/aromatic N) is 2. The molecular formula is C20H20N4O4S. The third kappa shape index (κ3) is 4.88. The number of carboxylic acid groups (broad SMARTS) is 1. The summed E-state index contributed by atoms with van der Waals surface area (Å²) in [5, 5.41) is 12.1. The van der Waals surface area contributed by atoms with Crippen LogP contribution in [0.1, 0.15) is 28.5 Å². The van der Waals surface area contributed by atoms with Crippen LogP contribution >= 0.6 is 0 Å². The maximum absolute atomic E-state index is 12.8. The fourth-order valence-electron chi connectivity index (χ4n) is 2.71. The highest BCUT2D eigenvalue weighted by molar-refractivity contribution is 7.92. The van der Waals surface area contributed by atoms with Crippen molar-refractivity contribution in [1.82, 2.24) is 9.97 Å². The van der Waals surface area contributed by atoms with Crippen molar-refractivity contribution in [2.45, 2.75) is 25.2 Å². The smallest absolute Gasteiger partial charge is 0.335 e. The first kappa shape index (κ1) is 20.3. The Labute approximate surface area is 168 Å². The summed E-state index contributed by atoms with van der Waals surface area (Å²) in [7, 11) is -3.88. The van der Waals surface area contributed by atoms with Crippen LogP contribution in [0.4, 0.5) is 17.2 Å². The number of sulfonamides is 1. The zero-order valence-corrected chi connectivity index (χ0v) is 16.7. The lowest BCUT2D eigenvalue weighted by molar-refractivity contribution is 0.0696. The molecule has 0 aliphatic rings. The Kier molecular flexibility index (Phi) is 5.79. The van der Waals surface area contributed by atoms with Gasteiger partial charge in [0.25, 0.3) is 10.0 Å². The van der Waals surface area contributed by atoms with Crippen molar-refractivity contribution < 1.29 is 18.3 Å². The fraction of sp³-hybridized carbons (Fsp3) is 0.150. The largest absolute Gasteiger partial charge is 0.478 e. The first-order valence-corrected chi connectivity index (χ1v) is 10.3. The van der Waals surface area contributed by atoms with E-state index in [-0.39, 0.29) is 10.5 Å². The molecule has 0 fully saturated rings. The second kappa shape index (κ2) is 8.27. The van der Waals surface area contributed by atoms with E-state index in [1.54, 1.807) is 12.1 Å². The highest BCUT2D eigenvalue weighted by Crippen LogP contribution is 2.26. The number of carbonyl (C=O) groups is 1. The second-order valence-electron chi connectivity index (χ2n) is 6.33. The molecule has 0 atom stereocenters. The highest BCUT2D eigenvalue weighted by Gasteiger charge is 2.17. The molecule has 0 aliphatic heterocycles. The zero-order chi connectivity index (χ0) is 21.0. The minimum atomic E-state index is -3.88. The summed E-state index contributed by atoms with van der Waals surface area (Å²) in [6.45, 7) is 3.78. The van der Waals surface area contributed by atoms with E-state index < -0.39 is 16.0 Å². The summed E-state index contributed by atoms with van der Waals surface area (Å²) in [5.74, 6) is -0.520. The van der Waals surface area contributed by atoms with Crippen molar-refractivity contribution in [2.75, 3.05) is 10.0 Å². The molecule has 3 aromatic rings. The van der Waals surface area contributed by atoms with Gasteiger partial charge in [-0.1, -0.05) is 13.0 Å². The van der Waals surface area contributed by atoms with Crippen LogP contribution in [-0.2, 0) is 16.4 Å². The van der Waals surface area contributed by atoms with Gasteiger partial charge in [-0.2, -0.15) is 0 Å². The van der Waals surface area contributed by atoms with Gasteiger partial charge in [0.1, 0.15) is 12.1 Å². The van der Waals surface area contributed by atoms with Gasteiger partial charge in [0.2, 0.25) is 0 Å². The molecule has 0 aliphatic carbocycles. The van der Waals surface area contributed by atoms with Crippen LogP contribution in [0.5, 0.6) is 0 Å². The molecule has 0 amide bonds. The van der Waals surface area contributed by atoms with Crippen LogP contribution in [0.2, 0.25) is 0 Å². The third-order valence-corrected chi connectivity index (χ3v) is 5.60. The minimum Gasteiger partial charge on any atom is -0.478 e. The minimum absolute atomic E-state index is 0.0181. The molecule has 0 radical (unpaired) electrons. The summed E-state index contributed by atoms with van der Waals surface area (Å²) in [6.07, 6.45) is 2.07. The van der Waals surface area contributed by atoms with Crippen molar-refractivity contribution in [2.24, 2.45) is 0 Å². The van der Waals surface area contributed by atoms with Crippen molar-refractivity contribution in [3.05, 3.63) is 71.7 Å². The summed E-state index contributed by atoms with van der Waals surface area (Å²) in [6, 6.07) is 12.2. The van der Waals surface area contributed by atoms with Crippen LogP contribution < -0.4 is 10.0 Å². The third-order valence-electron chi connectivity index (χ3n) is 4.22. The number of anilines is 3. The predicted molar refractivity (Wildman–Crippen MR) is 110 cm³/mol. The number of hydrogen-bond acceptors (Lipinski definition) is 6. The number of aryl methyl sites for hydroxylation is 2. The van der Waals surface area contributed by atoms with Gasteiger partial charge in [-0.15, -0.1) is 0 Å². The monoisotopic (exact) mass is 412 g/mol. The maximum Gasteiger partial charge on any atom is 0.335 e. The predicted octanol–water partition coefficient (Wildman–Crippen LogP) is 3.59. The standard InChI is InChI=1S/C20H20N4O4S/c1-3-14-4-7-16(23-19-10-13(2)21-12-22-19)11-18(14)24-29(27,28)17-8-5-15(6-9-17)20(25)26/h4-12,24H,3H2,1-2H3,(H,25,26)(H,21,22,23). The maximum atomic E-state index is 12.8. The molecule has 29 heavy (non-hydrogen) atoms. The molecule has 0 bridgehead atoms. The Morgan fingerprint density at radius 2 is 1.79 bits per heavy atom. The van der Waals surface area contributed by atoms with Crippen LogP contribution in [0.15, 0.2) is 59.8 Å². The van der Waals surface area contributed by atoms with E-state index in [9.17, 15) is 13.2 Å². The molecule has 3 rings (SSSR count).